The van der Waals surface area contributed by atoms with Gasteiger partial charge >= 0.3 is 11.9 Å². The molecule has 1 aromatic carbocycles. The highest BCUT2D eigenvalue weighted by Crippen LogP contribution is 2.42. The van der Waals surface area contributed by atoms with Crippen LogP contribution >= 0.6 is 0 Å². The zero-order chi connectivity index (χ0) is 29.3. The van der Waals surface area contributed by atoms with Crippen molar-refractivity contribution in [1.82, 2.24) is 0 Å². The third-order valence-corrected chi connectivity index (χ3v) is 7.60. The van der Waals surface area contributed by atoms with Crippen molar-refractivity contribution in [2.45, 2.75) is 104 Å². The second-order valence-corrected chi connectivity index (χ2v) is 11.5. The van der Waals surface area contributed by atoms with E-state index in [1.165, 1.54) is 0 Å². The van der Waals surface area contributed by atoms with Gasteiger partial charge in [-0.1, -0.05) is 32.1 Å². The van der Waals surface area contributed by atoms with Crippen LogP contribution in [0.4, 0.5) is 4.39 Å². The number of halogens is 1. The standard InChI is InChI=1S/C30H41FO9/c1-8-30(9-2,27(33)34-10-3)15-20(16-31)18-11-13-19(14-12-18)24(32)36-21-22(25-35-17-28(4,5)39-25)37-26-23(21)38-29(6,7)40-26/h11-15,21-23,25-26H,8-10,16-17H2,1-7H3/b20-15-/t21-,22-,23+,25+,26+/m1/s1. The van der Waals surface area contributed by atoms with E-state index in [9.17, 15) is 14.0 Å². The monoisotopic (exact) mass is 564 g/mol. The molecule has 3 saturated heterocycles. The highest BCUT2D eigenvalue weighted by molar-refractivity contribution is 5.90. The van der Waals surface area contributed by atoms with Crippen molar-refractivity contribution in [3.05, 3.63) is 41.5 Å². The topological polar surface area (TPSA) is 98.8 Å². The highest BCUT2D eigenvalue weighted by Gasteiger charge is 2.60. The number of carbonyl (C=O) groups is 2. The van der Waals surface area contributed by atoms with Crippen LogP contribution in [-0.4, -0.2) is 74.1 Å². The predicted molar refractivity (Wildman–Crippen MR) is 143 cm³/mol. The molecule has 40 heavy (non-hydrogen) atoms. The van der Waals surface area contributed by atoms with Crippen LogP contribution in [-0.2, 0) is 38.0 Å². The van der Waals surface area contributed by atoms with Gasteiger partial charge in [0.2, 0.25) is 0 Å². The second kappa shape index (κ2) is 11.9. The molecular formula is C30H41FO9. The molecule has 0 spiro atoms. The first kappa shape index (κ1) is 30.6. The first-order valence-corrected chi connectivity index (χ1v) is 13.9. The van der Waals surface area contributed by atoms with E-state index in [2.05, 4.69) is 0 Å². The quantitative estimate of drug-likeness (QED) is 0.365. The van der Waals surface area contributed by atoms with Gasteiger partial charge in [-0.2, -0.15) is 0 Å². The Labute approximate surface area is 235 Å². The van der Waals surface area contributed by atoms with E-state index in [4.69, 9.17) is 33.2 Å². The molecule has 9 nitrogen and oxygen atoms in total. The molecule has 3 fully saturated rings. The molecule has 4 rings (SSSR count). The third-order valence-electron chi connectivity index (χ3n) is 7.60. The zero-order valence-corrected chi connectivity index (χ0v) is 24.4. The summed E-state index contributed by atoms with van der Waals surface area (Å²) in [5.74, 6) is -1.89. The summed E-state index contributed by atoms with van der Waals surface area (Å²) >= 11 is 0. The van der Waals surface area contributed by atoms with Gasteiger partial charge < -0.3 is 33.2 Å². The van der Waals surface area contributed by atoms with Gasteiger partial charge in [-0.25, -0.2) is 9.18 Å². The maximum Gasteiger partial charge on any atom is 0.338 e. The summed E-state index contributed by atoms with van der Waals surface area (Å²) in [5, 5.41) is 0. The van der Waals surface area contributed by atoms with Crippen LogP contribution in [0.5, 0.6) is 0 Å². The Kier molecular flexibility index (Phi) is 9.06. The Balaban J connectivity index is 1.53. The van der Waals surface area contributed by atoms with Gasteiger partial charge in [0, 0.05) is 0 Å². The summed E-state index contributed by atoms with van der Waals surface area (Å²) in [6, 6.07) is 6.40. The van der Waals surface area contributed by atoms with Crippen LogP contribution in [0.3, 0.4) is 0 Å². The van der Waals surface area contributed by atoms with Crippen molar-refractivity contribution in [3.63, 3.8) is 0 Å². The number of fused-ring (bicyclic) bond motifs is 1. The first-order chi connectivity index (χ1) is 18.9. The van der Waals surface area contributed by atoms with Crippen LogP contribution in [0.2, 0.25) is 0 Å². The molecule has 0 bridgehead atoms. The normalized spacial score (nSPS) is 29.3. The molecule has 5 atom stereocenters. The van der Waals surface area contributed by atoms with E-state index in [-0.39, 0.29) is 18.1 Å². The molecule has 0 unspecified atom stereocenters. The highest BCUT2D eigenvalue weighted by atomic mass is 19.1. The van der Waals surface area contributed by atoms with Crippen molar-refractivity contribution in [1.29, 1.82) is 0 Å². The number of ether oxygens (including phenoxy) is 7. The minimum Gasteiger partial charge on any atom is -0.465 e. The van der Waals surface area contributed by atoms with Crippen LogP contribution in [0.25, 0.3) is 5.57 Å². The number of hydrogen-bond donors (Lipinski definition) is 0. The lowest BCUT2D eigenvalue weighted by molar-refractivity contribution is -0.249. The molecule has 3 aliphatic rings. The summed E-state index contributed by atoms with van der Waals surface area (Å²) in [4.78, 5) is 26.0. The fourth-order valence-electron chi connectivity index (χ4n) is 5.31. The lowest BCUT2D eigenvalue weighted by Gasteiger charge is -2.28. The summed E-state index contributed by atoms with van der Waals surface area (Å²) in [6.07, 6.45) is -1.18. The van der Waals surface area contributed by atoms with Gasteiger partial charge in [0.05, 0.1) is 29.8 Å². The number of benzene rings is 1. The fourth-order valence-corrected chi connectivity index (χ4v) is 5.31. The van der Waals surface area contributed by atoms with Crippen LogP contribution < -0.4 is 0 Å². The van der Waals surface area contributed by atoms with Gasteiger partial charge in [-0.05, 0) is 70.7 Å². The van der Waals surface area contributed by atoms with Crippen molar-refractivity contribution in [2.24, 2.45) is 5.41 Å². The molecule has 222 valence electrons. The van der Waals surface area contributed by atoms with Gasteiger partial charge in [-0.15, -0.1) is 0 Å². The Morgan fingerprint density at radius 2 is 1.62 bits per heavy atom. The number of allylic oxidation sites excluding steroid dienone is 1. The minimum atomic E-state index is -0.931. The molecule has 0 aliphatic carbocycles. The molecule has 0 N–H and O–H groups in total. The molecule has 0 radical (unpaired) electrons. The van der Waals surface area contributed by atoms with Gasteiger partial charge in [-0.3, -0.25) is 4.79 Å². The van der Waals surface area contributed by atoms with Crippen molar-refractivity contribution in [3.8, 4) is 0 Å². The van der Waals surface area contributed by atoms with Crippen molar-refractivity contribution < 1.29 is 47.1 Å². The Morgan fingerprint density at radius 1 is 0.975 bits per heavy atom. The summed E-state index contributed by atoms with van der Waals surface area (Å²) in [7, 11) is 0. The van der Waals surface area contributed by atoms with E-state index >= 15 is 0 Å². The van der Waals surface area contributed by atoms with E-state index in [1.54, 1.807) is 51.1 Å². The SMILES string of the molecule is CCOC(=O)C(/C=C(/CF)c1ccc(C(=O)O[C@H]2[C@@H]3OC(C)(C)O[C@@H]3O[C@H]2[C@H]2OCC(C)(C)O2)cc1)(CC)CC. The van der Waals surface area contributed by atoms with Gasteiger partial charge in [0.1, 0.15) is 6.67 Å². The average molecular weight is 565 g/mol. The first-order valence-electron chi connectivity index (χ1n) is 13.9. The summed E-state index contributed by atoms with van der Waals surface area (Å²) in [6.45, 7) is 12.6. The largest absolute Gasteiger partial charge is 0.465 e. The molecule has 3 aliphatic heterocycles. The summed E-state index contributed by atoms with van der Waals surface area (Å²) < 4.78 is 55.1. The van der Waals surface area contributed by atoms with Crippen molar-refractivity contribution >= 4 is 17.5 Å². The molecule has 1 aromatic rings. The molecular weight excluding hydrogens is 523 g/mol. The Bertz CT molecular complexity index is 1090. The number of alkyl halides is 1. The van der Waals surface area contributed by atoms with Crippen LogP contribution in [0, 0.1) is 5.41 Å². The molecule has 0 saturated carbocycles. The fraction of sp³-hybridized carbons (Fsp3) is 0.667. The molecule has 3 heterocycles. The Hall–Kier alpha value is -2.37. The van der Waals surface area contributed by atoms with Crippen molar-refractivity contribution in [2.75, 3.05) is 19.9 Å². The lowest BCUT2D eigenvalue weighted by Crippen LogP contribution is -2.44. The van der Waals surface area contributed by atoms with Crippen LogP contribution in [0.15, 0.2) is 30.3 Å². The third kappa shape index (κ3) is 6.26. The maximum absolute atomic E-state index is 14.2. The molecule has 10 heteroatoms. The van der Waals surface area contributed by atoms with E-state index in [0.717, 1.165) is 0 Å². The smallest absolute Gasteiger partial charge is 0.338 e. The maximum atomic E-state index is 14.2. The second-order valence-electron chi connectivity index (χ2n) is 11.5. The van der Waals surface area contributed by atoms with E-state index in [1.807, 2.05) is 27.7 Å². The van der Waals surface area contributed by atoms with Crippen LogP contribution in [0.1, 0.15) is 77.2 Å². The average Bonchev–Trinajstić information content (AvgIpc) is 3.54. The predicted octanol–water partition coefficient (Wildman–Crippen LogP) is 4.96. The lowest BCUT2D eigenvalue weighted by atomic mass is 9.80. The van der Waals surface area contributed by atoms with E-state index in [0.29, 0.717) is 30.6 Å². The number of carbonyl (C=O) groups excluding carboxylic acids is 2. The van der Waals surface area contributed by atoms with Gasteiger partial charge in [0.15, 0.2) is 36.7 Å². The number of rotatable bonds is 10. The minimum absolute atomic E-state index is 0.246. The van der Waals surface area contributed by atoms with E-state index < -0.39 is 60.3 Å². The number of esters is 2. The zero-order valence-electron chi connectivity index (χ0n) is 24.4. The molecule has 0 amide bonds. The van der Waals surface area contributed by atoms with Gasteiger partial charge in [0.25, 0.3) is 0 Å². The summed E-state index contributed by atoms with van der Waals surface area (Å²) in [5.41, 5.74) is -0.279. The molecule has 0 aromatic heterocycles. The Morgan fingerprint density at radius 3 is 2.17 bits per heavy atom. The number of hydrogen-bond acceptors (Lipinski definition) is 9.